The van der Waals surface area contributed by atoms with E-state index < -0.39 is 12.1 Å². The van der Waals surface area contributed by atoms with Gasteiger partial charge in [-0.05, 0) is 49.8 Å². The molecule has 1 aliphatic carbocycles. The van der Waals surface area contributed by atoms with Crippen LogP contribution >= 0.6 is 0 Å². The molecule has 1 aliphatic heterocycles. The third kappa shape index (κ3) is 7.28. The molecule has 5 rings (SSSR count). The van der Waals surface area contributed by atoms with E-state index in [-0.39, 0.29) is 5.91 Å². The second-order valence-electron chi connectivity index (χ2n) is 8.98. The van der Waals surface area contributed by atoms with Crippen LogP contribution in [0, 0.1) is 5.92 Å². The molecular weight excluding hydrogens is 489 g/mol. The molecule has 1 saturated carbocycles. The van der Waals surface area contributed by atoms with E-state index in [1.807, 2.05) is 36.7 Å². The molecule has 0 aromatic carbocycles. The Morgan fingerprint density at radius 1 is 1.05 bits per heavy atom. The van der Waals surface area contributed by atoms with Gasteiger partial charge < -0.3 is 19.9 Å². The number of hydrogen-bond donors (Lipinski definition) is 2. The van der Waals surface area contributed by atoms with Crippen LogP contribution in [0.15, 0.2) is 49.1 Å². The predicted molar refractivity (Wildman–Crippen MR) is 129 cm³/mol. The lowest BCUT2D eigenvalue weighted by Crippen LogP contribution is -2.26. The van der Waals surface area contributed by atoms with Crippen LogP contribution in [-0.4, -0.2) is 55.8 Å². The number of alkyl halides is 3. The molecule has 9 nitrogen and oxygen atoms in total. The second kappa shape index (κ2) is 11.4. The third-order valence-electron chi connectivity index (χ3n) is 6.04. The van der Waals surface area contributed by atoms with Crippen LogP contribution in [0.1, 0.15) is 41.9 Å². The van der Waals surface area contributed by atoms with Gasteiger partial charge in [0.1, 0.15) is 5.69 Å². The molecule has 196 valence electrons. The highest BCUT2D eigenvalue weighted by molar-refractivity contribution is 5.94. The number of carbonyl (C=O) groups excluding carboxylic acids is 1. The fraction of sp³-hybridized carbons (Fsp3) is 0.400. The van der Waals surface area contributed by atoms with Crippen LogP contribution in [0.25, 0.3) is 11.1 Å². The molecule has 2 fully saturated rings. The van der Waals surface area contributed by atoms with Gasteiger partial charge in [-0.25, -0.2) is 14.8 Å². The van der Waals surface area contributed by atoms with Crippen LogP contribution in [0.2, 0.25) is 0 Å². The van der Waals surface area contributed by atoms with Gasteiger partial charge in [0, 0.05) is 55.5 Å². The summed E-state index contributed by atoms with van der Waals surface area (Å²) in [5, 5.41) is 10.1. The Labute approximate surface area is 211 Å². The zero-order valence-corrected chi connectivity index (χ0v) is 20.0. The van der Waals surface area contributed by atoms with Crippen molar-refractivity contribution in [3.8, 4) is 11.1 Å². The number of rotatable bonds is 7. The van der Waals surface area contributed by atoms with Crippen molar-refractivity contribution in [1.29, 1.82) is 0 Å². The average Bonchev–Trinajstić information content (AvgIpc) is 3.35. The van der Waals surface area contributed by atoms with Gasteiger partial charge >= 0.3 is 12.1 Å². The minimum atomic E-state index is -5.08. The van der Waals surface area contributed by atoms with Crippen molar-refractivity contribution in [1.82, 2.24) is 24.8 Å². The largest absolute Gasteiger partial charge is 0.490 e. The van der Waals surface area contributed by atoms with Crippen molar-refractivity contribution in [3.05, 3.63) is 60.4 Å². The van der Waals surface area contributed by atoms with Crippen molar-refractivity contribution in [3.63, 3.8) is 0 Å². The highest BCUT2D eigenvalue weighted by Gasteiger charge is 2.38. The van der Waals surface area contributed by atoms with Crippen LogP contribution in [0.3, 0.4) is 0 Å². The maximum absolute atomic E-state index is 12.9. The first-order chi connectivity index (χ1) is 17.7. The van der Waals surface area contributed by atoms with E-state index in [2.05, 4.69) is 35.9 Å². The molecule has 1 amide bonds. The lowest BCUT2D eigenvalue weighted by atomic mass is 10.2. The predicted octanol–water partition coefficient (Wildman–Crippen LogP) is 3.91. The van der Waals surface area contributed by atoms with Crippen LogP contribution in [-0.2, 0) is 17.9 Å². The summed E-state index contributed by atoms with van der Waals surface area (Å²) >= 11 is 0. The monoisotopic (exact) mass is 516 g/mol. The van der Waals surface area contributed by atoms with Gasteiger partial charge in [0.25, 0.3) is 5.91 Å². The molecule has 1 saturated heterocycles. The number of pyridine rings is 1. The highest BCUT2D eigenvalue weighted by atomic mass is 19.4. The Morgan fingerprint density at radius 2 is 1.73 bits per heavy atom. The molecule has 0 radical (unpaired) electrons. The van der Waals surface area contributed by atoms with Crippen LogP contribution < -0.4 is 10.2 Å². The van der Waals surface area contributed by atoms with Crippen LogP contribution in [0.4, 0.5) is 19.1 Å². The summed E-state index contributed by atoms with van der Waals surface area (Å²) in [7, 11) is 0. The van der Waals surface area contributed by atoms with Crippen molar-refractivity contribution in [2.45, 2.75) is 44.9 Å². The zero-order valence-electron chi connectivity index (χ0n) is 20.0. The molecule has 0 spiro atoms. The van der Waals surface area contributed by atoms with E-state index in [1.165, 1.54) is 25.7 Å². The Bertz CT molecular complexity index is 1200. The first-order valence-corrected chi connectivity index (χ1v) is 12.0. The van der Waals surface area contributed by atoms with E-state index >= 15 is 0 Å². The fourth-order valence-corrected chi connectivity index (χ4v) is 3.90. The first kappa shape index (κ1) is 26.1. The summed E-state index contributed by atoms with van der Waals surface area (Å²) in [6.07, 6.45) is 7.31. The van der Waals surface area contributed by atoms with Crippen molar-refractivity contribution in [2.75, 3.05) is 18.0 Å². The molecule has 2 aliphatic rings. The third-order valence-corrected chi connectivity index (χ3v) is 6.04. The van der Waals surface area contributed by atoms with Crippen molar-refractivity contribution in [2.24, 2.45) is 5.92 Å². The number of carbonyl (C=O) groups is 2. The number of aromatic nitrogens is 4. The summed E-state index contributed by atoms with van der Waals surface area (Å²) in [6.45, 7) is 3.34. The minimum Gasteiger partial charge on any atom is -0.475 e. The number of anilines is 1. The molecule has 12 heteroatoms. The summed E-state index contributed by atoms with van der Waals surface area (Å²) < 4.78 is 33.8. The maximum atomic E-state index is 12.9. The number of carboxylic acids is 1. The van der Waals surface area contributed by atoms with Crippen molar-refractivity contribution < 1.29 is 27.9 Å². The van der Waals surface area contributed by atoms with Gasteiger partial charge in [0.15, 0.2) is 0 Å². The topological polar surface area (TPSA) is 113 Å². The van der Waals surface area contributed by atoms with E-state index in [9.17, 15) is 18.0 Å². The van der Waals surface area contributed by atoms with E-state index in [0.29, 0.717) is 18.2 Å². The summed E-state index contributed by atoms with van der Waals surface area (Å²) in [5.41, 5.74) is 3.44. The van der Waals surface area contributed by atoms with Gasteiger partial charge in [-0.15, -0.1) is 0 Å². The number of nitrogens with zero attached hydrogens (tertiary/aromatic N) is 5. The smallest absolute Gasteiger partial charge is 0.475 e. The van der Waals surface area contributed by atoms with Gasteiger partial charge in [0.05, 0.1) is 12.2 Å². The number of hydrogen-bond acceptors (Lipinski definition) is 6. The summed E-state index contributed by atoms with van der Waals surface area (Å²) in [5.74, 6) is -1.38. The zero-order chi connectivity index (χ0) is 26.4. The van der Waals surface area contributed by atoms with Gasteiger partial charge in [-0.1, -0.05) is 6.07 Å². The van der Waals surface area contributed by atoms with Crippen LogP contribution in [0.5, 0.6) is 0 Å². The van der Waals surface area contributed by atoms with E-state index in [1.54, 1.807) is 6.20 Å². The quantitative estimate of drug-likeness (QED) is 0.490. The molecule has 0 unspecified atom stereocenters. The van der Waals surface area contributed by atoms with Gasteiger partial charge in [0.2, 0.25) is 5.95 Å². The summed E-state index contributed by atoms with van der Waals surface area (Å²) in [6, 6.07) is 7.65. The maximum Gasteiger partial charge on any atom is 0.490 e. The number of halogens is 3. The Morgan fingerprint density at radius 3 is 2.30 bits per heavy atom. The molecule has 37 heavy (non-hydrogen) atoms. The summed E-state index contributed by atoms with van der Waals surface area (Å²) in [4.78, 5) is 37.4. The highest BCUT2D eigenvalue weighted by Crippen LogP contribution is 2.32. The second-order valence-corrected chi connectivity index (χ2v) is 8.98. The molecule has 0 atom stereocenters. The lowest BCUT2D eigenvalue weighted by Gasteiger charge is -2.14. The molecule has 0 bridgehead atoms. The first-order valence-electron chi connectivity index (χ1n) is 12.0. The Kier molecular flexibility index (Phi) is 8.04. The van der Waals surface area contributed by atoms with Gasteiger partial charge in [-0.2, -0.15) is 13.2 Å². The minimum absolute atomic E-state index is 0.0813. The average molecular weight is 517 g/mol. The number of aliphatic carboxylic acids is 1. The van der Waals surface area contributed by atoms with E-state index in [4.69, 9.17) is 9.90 Å². The van der Waals surface area contributed by atoms with Crippen molar-refractivity contribution >= 4 is 17.8 Å². The number of amides is 1. The van der Waals surface area contributed by atoms with Gasteiger partial charge in [-0.3, -0.25) is 9.78 Å². The molecular formula is C25H27F3N6O3. The molecule has 3 aromatic heterocycles. The Hall–Kier alpha value is -3.96. The lowest BCUT2D eigenvalue weighted by molar-refractivity contribution is -0.192. The standard InChI is InChI=1S/C23H26N6O.C2HF3O2/c30-22(25-14-20-5-1-2-8-24-20)21-11-18(16-29(21)15-17-6-7-17)19-12-26-23(27-13-19)28-9-3-4-10-28;3-2(4,5)1(6)7/h1-2,5,8,11-13,16-17H,3-4,6-7,9-10,14-15H2,(H,25,30);(H,6,7). The Balaban J connectivity index is 0.000000405. The van der Waals surface area contributed by atoms with E-state index in [0.717, 1.165) is 42.4 Å². The number of nitrogens with one attached hydrogen (secondary N) is 1. The normalized spacial score (nSPS) is 15.2. The molecule has 2 N–H and O–H groups in total. The SMILES string of the molecule is O=C(NCc1ccccn1)c1cc(-c2cnc(N3CCCC3)nc2)cn1CC1CC1.O=C(O)C(F)(F)F. The number of carboxylic acid groups (broad SMARTS) is 1. The molecule has 4 heterocycles. The molecule has 3 aromatic rings. The fourth-order valence-electron chi connectivity index (χ4n) is 3.90.